The number of likely N-dealkylation sites (N-methyl/N-ethyl adjacent to an activating group) is 1. The highest BCUT2D eigenvalue weighted by molar-refractivity contribution is 5.50. The van der Waals surface area contributed by atoms with Crippen LogP contribution >= 0.6 is 0 Å². The molecule has 0 aromatic rings. The average molecular weight is 158 g/mol. The van der Waals surface area contributed by atoms with E-state index >= 15 is 0 Å². The van der Waals surface area contributed by atoms with Crippen LogP contribution in [0.5, 0.6) is 0 Å². The number of hydrogen-bond acceptors (Lipinski definition) is 3. The maximum absolute atomic E-state index is 10.2. The summed E-state index contributed by atoms with van der Waals surface area (Å²) in [4.78, 5) is 11.7. The summed E-state index contributed by atoms with van der Waals surface area (Å²) in [6.45, 7) is 2.79. The number of rotatable bonds is 3. The van der Waals surface area contributed by atoms with E-state index in [9.17, 15) is 9.90 Å². The number of carbonyl (C=O) groups excluding carboxylic acids is 1. The Morgan fingerprint density at radius 1 is 1.73 bits per heavy atom. The average Bonchev–Trinajstić information content (AvgIpc) is 1.96. The molecule has 1 rings (SSSR count). The Bertz CT molecular complexity index is 155. The van der Waals surface area contributed by atoms with Crippen molar-refractivity contribution in [3.63, 3.8) is 0 Å². The Hall–Kier alpha value is -0.610. The summed E-state index contributed by atoms with van der Waals surface area (Å²) in [7, 11) is 1.80. The van der Waals surface area contributed by atoms with Gasteiger partial charge in [-0.15, -0.1) is 0 Å². The lowest BCUT2D eigenvalue weighted by Gasteiger charge is -2.47. The number of nitrogens with one attached hydrogen (secondary N) is 1. The molecule has 1 aliphatic heterocycles. The monoisotopic (exact) mass is 158 g/mol. The number of hydrogen-bond donors (Lipinski definition) is 2. The molecule has 4 nitrogen and oxygen atoms in total. The topological polar surface area (TPSA) is 52.6 Å². The van der Waals surface area contributed by atoms with Gasteiger partial charge >= 0.3 is 0 Å². The number of likely N-dealkylation sites (tertiary alicyclic amines) is 1. The van der Waals surface area contributed by atoms with Crippen molar-refractivity contribution in [2.24, 2.45) is 0 Å². The second kappa shape index (κ2) is 2.79. The molecule has 1 saturated heterocycles. The van der Waals surface area contributed by atoms with Gasteiger partial charge in [0.15, 0.2) is 0 Å². The van der Waals surface area contributed by atoms with Gasteiger partial charge in [-0.1, -0.05) is 0 Å². The van der Waals surface area contributed by atoms with Gasteiger partial charge in [-0.2, -0.15) is 0 Å². The van der Waals surface area contributed by atoms with Crippen LogP contribution in [-0.4, -0.2) is 48.2 Å². The van der Waals surface area contributed by atoms with Crippen molar-refractivity contribution in [3.8, 4) is 0 Å². The molecular formula is C7H14N2O2. The van der Waals surface area contributed by atoms with Gasteiger partial charge in [-0.05, 0) is 14.0 Å². The summed E-state index contributed by atoms with van der Waals surface area (Å²) in [6.07, 6.45) is 0.761. The molecule has 0 aliphatic carbocycles. The van der Waals surface area contributed by atoms with E-state index in [4.69, 9.17) is 0 Å². The molecule has 2 N–H and O–H groups in total. The Balaban J connectivity index is 2.41. The fraction of sp³-hybridized carbons (Fsp3) is 0.857. The molecule has 0 unspecified atom stereocenters. The van der Waals surface area contributed by atoms with Crippen molar-refractivity contribution in [1.82, 2.24) is 10.2 Å². The van der Waals surface area contributed by atoms with Crippen LogP contribution in [0.2, 0.25) is 0 Å². The fourth-order valence-corrected chi connectivity index (χ4v) is 1.27. The molecule has 0 spiro atoms. The maximum atomic E-state index is 10.2. The molecule has 1 fully saturated rings. The molecule has 0 saturated carbocycles. The molecule has 0 bridgehead atoms. The lowest BCUT2D eigenvalue weighted by atomic mass is 9.87. The van der Waals surface area contributed by atoms with Gasteiger partial charge in [0.1, 0.15) is 5.60 Å². The first kappa shape index (κ1) is 8.49. The first-order valence-corrected chi connectivity index (χ1v) is 3.71. The van der Waals surface area contributed by atoms with Gasteiger partial charge in [0.05, 0.1) is 13.1 Å². The zero-order valence-corrected chi connectivity index (χ0v) is 6.87. The van der Waals surface area contributed by atoms with Crippen LogP contribution in [0.25, 0.3) is 0 Å². The molecule has 0 aromatic heterocycles. The lowest BCUT2D eigenvalue weighted by Crippen LogP contribution is -2.68. The minimum absolute atomic E-state index is 0.0405. The molecule has 0 aromatic carbocycles. The molecular weight excluding hydrogens is 144 g/mol. The van der Waals surface area contributed by atoms with Gasteiger partial charge in [0.25, 0.3) is 0 Å². The predicted molar refractivity (Wildman–Crippen MR) is 41.1 cm³/mol. The van der Waals surface area contributed by atoms with E-state index in [-0.39, 0.29) is 6.04 Å². The van der Waals surface area contributed by atoms with Crippen LogP contribution < -0.4 is 5.32 Å². The standard InChI is InChI=1S/C7H14N2O2/c1-6(8-2)7(11)3-9(4-7)5-10/h5-6,8,11H,3-4H2,1-2H3/t6-/m0/s1. The summed E-state index contributed by atoms with van der Waals surface area (Å²) in [5, 5.41) is 12.7. The van der Waals surface area contributed by atoms with Crippen LogP contribution in [0.3, 0.4) is 0 Å². The first-order chi connectivity index (χ1) is 5.12. The summed E-state index contributed by atoms with van der Waals surface area (Å²) >= 11 is 0. The van der Waals surface area contributed by atoms with E-state index in [1.807, 2.05) is 6.92 Å². The Kier molecular flexibility index (Phi) is 2.15. The normalized spacial score (nSPS) is 24.1. The number of aliphatic hydroxyl groups is 1. The quantitative estimate of drug-likeness (QED) is 0.507. The van der Waals surface area contributed by atoms with Crippen LogP contribution in [0.1, 0.15) is 6.92 Å². The van der Waals surface area contributed by atoms with E-state index < -0.39 is 5.60 Å². The largest absolute Gasteiger partial charge is 0.385 e. The van der Waals surface area contributed by atoms with Gasteiger partial charge < -0.3 is 15.3 Å². The van der Waals surface area contributed by atoms with Crippen LogP contribution in [0, 0.1) is 0 Å². The van der Waals surface area contributed by atoms with Crippen molar-refractivity contribution in [2.45, 2.75) is 18.6 Å². The van der Waals surface area contributed by atoms with Gasteiger partial charge in [0.2, 0.25) is 6.41 Å². The van der Waals surface area contributed by atoms with E-state index in [2.05, 4.69) is 5.32 Å². The van der Waals surface area contributed by atoms with Gasteiger partial charge in [0, 0.05) is 6.04 Å². The Morgan fingerprint density at radius 3 is 2.64 bits per heavy atom. The summed E-state index contributed by atoms with van der Waals surface area (Å²) < 4.78 is 0. The van der Waals surface area contributed by atoms with Crippen molar-refractivity contribution in [2.75, 3.05) is 20.1 Å². The molecule has 1 amide bonds. The number of β-amino-alcohol motifs (C(OH)–C–C–N with tert-alkyl or cyclic N) is 1. The zero-order chi connectivity index (χ0) is 8.48. The molecule has 11 heavy (non-hydrogen) atoms. The van der Waals surface area contributed by atoms with E-state index in [1.54, 1.807) is 11.9 Å². The van der Waals surface area contributed by atoms with Crippen LogP contribution in [0.15, 0.2) is 0 Å². The molecule has 1 heterocycles. The van der Waals surface area contributed by atoms with Crippen molar-refractivity contribution >= 4 is 6.41 Å². The second-order valence-electron chi connectivity index (χ2n) is 3.12. The Morgan fingerprint density at radius 2 is 2.27 bits per heavy atom. The molecule has 4 heteroatoms. The summed E-state index contributed by atoms with van der Waals surface area (Å²) in [5.74, 6) is 0. The van der Waals surface area contributed by atoms with Crippen molar-refractivity contribution < 1.29 is 9.90 Å². The number of amides is 1. The SMILES string of the molecule is CN[C@@H](C)C1(O)CN(C=O)C1. The molecule has 64 valence electrons. The maximum Gasteiger partial charge on any atom is 0.209 e. The molecule has 0 radical (unpaired) electrons. The third-order valence-electron chi connectivity index (χ3n) is 2.34. The third kappa shape index (κ3) is 1.36. The smallest absolute Gasteiger partial charge is 0.209 e. The van der Waals surface area contributed by atoms with Crippen LogP contribution in [0.4, 0.5) is 0 Å². The van der Waals surface area contributed by atoms with E-state index in [1.165, 1.54) is 0 Å². The minimum Gasteiger partial charge on any atom is -0.385 e. The molecule has 1 atom stereocenters. The number of nitrogens with zero attached hydrogens (tertiary/aromatic N) is 1. The van der Waals surface area contributed by atoms with Crippen LogP contribution in [-0.2, 0) is 4.79 Å². The predicted octanol–water partition coefficient (Wildman–Crippen LogP) is -1.20. The van der Waals surface area contributed by atoms with Gasteiger partial charge in [-0.3, -0.25) is 4.79 Å². The summed E-state index contributed by atoms with van der Waals surface area (Å²) in [5.41, 5.74) is -0.713. The van der Waals surface area contributed by atoms with Crippen molar-refractivity contribution in [1.29, 1.82) is 0 Å². The second-order valence-corrected chi connectivity index (χ2v) is 3.12. The first-order valence-electron chi connectivity index (χ1n) is 3.71. The van der Waals surface area contributed by atoms with Crippen molar-refractivity contribution in [3.05, 3.63) is 0 Å². The third-order valence-corrected chi connectivity index (χ3v) is 2.34. The number of carbonyl (C=O) groups is 1. The molecule has 1 aliphatic rings. The van der Waals surface area contributed by atoms with Gasteiger partial charge in [-0.25, -0.2) is 0 Å². The van der Waals surface area contributed by atoms with E-state index in [0.717, 1.165) is 6.41 Å². The zero-order valence-electron chi connectivity index (χ0n) is 6.87. The Labute approximate surface area is 66.2 Å². The highest BCUT2D eigenvalue weighted by Crippen LogP contribution is 2.22. The van der Waals surface area contributed by atoms with E-state index in [0.29, 0.717) is 13.1 Å². The lowest BCUT2D eigenvalue weighted by molar-refractivity contribution is -0.147. The summed E-state index contributed by atoms with van der Waals surface area (Å²) in [6, 6.07) is 0.0405. The highest BCUT2D eigenvalue weighted by Gasteiger charge is 2.44. The fourth-order valence-electron chi connectivity index (χ4n) is 1.27. The highest BCUT2D eigenvalue weighted by atomic mass is 16.3. The minimum atomic E-state index is -0.713.